The number of carbonyl (C=O) groups excluding carboxylic acids is 1. The highest BCUT2D eigenvalue weighted by Gasteiger charge is 2.09. The van der Waals surface area contributed by atoms with Gasteiger partial charge in [0.1, 0.15) is 0 Å². The number of hydrogen-bond acceptors (Lipinski definition) is 2. The van der Waals surface area contributed by atoms with Crippen molar-refractivity contribution in [2.75, 3.05) is 0 Å². The number of aldehydes is 1. The van der Waals surface area contributed by atoms with Gasteiger partial charge in [0.2, 0.25) is 0 Å². The smallest absolute Gasteiger partial charge is 0.151 e. The van der Waals surface area contributed by atoms with Crippen LogP contribution >= 0.6 is 38.9 Å². The van der Waals surface area contributed by atoms with E-state index in [1.54, 1.807) is 17.4 Å². The molecule has 1 heterocycles. The zero-order valence-corrected chi connectivity index (χ0v) is 9.54. The van der Waals surface area contributed by atoms with Crippen molar-refractivity contribution >= 4 is 55.2 Å². The lowest BCUT2D eigenvalue weighted by atomic mass is 10.2. The molecule has 0 amide bonds. The number of thiophene rings is 1. The largest absolute Gasteiger partial charge is 0.298 e. The maximum Gasteiger partial charge on any atom is 0.151 e. The Balaban J connectivity index is 2.91. The normalized spacial score (nSPS) is 10.6. The SMILES string of the molecule is O=Cc1cc2sccc2c(Br)c1Cl. The molecule has 1 aromatic heterocycles. The highest BCUT2D eigenvalue weighted by molar-refractivity contribution is 9.10. The molecule has 0 saturated carbocycles. The van der Waals surface area contributed by atoms with E-state index in [2.05, 4.69) is 15.9 Å². The Kier molecular flexibility index (Phi) is 2.41. The Bertz CT molecular complexity index is 478. The van der Waals surface area contributed by atoms with Crippen molar-refractivity contribution in [2.45, 2.75) is 0 Å². The second kappa shape index (κ2) is 3.40. The zero-order chi connectivity index (χ0) is 9.42. The van der Waals surface area contributed by atoms with Gasteiger partial charge < -0.3 is 0 Å². The molecule has 2 rings (SSSR count). The molecule has 4 heteroatoms. The average molecular weight is 276 g/mol. The summed E-state index contributed by atoms with van der Waals surface area (Å²) in [6, 6.07) is 3.78. The number of hydrogen-bond donors (Lipinski definition) is 0. The first-order valence-electron chi connectivity index (χ1n) is 3.54. The number of halogens is 2. The standard InChI is InChI=1S/C9H4BrClOS/c10-8-6-1-2-13-7(6)3-5(4-12)9(8)11/h1-4H. The van der Waals surface area contributed by atoms with Gasteiger partial charge in [0.05, 0.1) is 5.02 Å². The van der Waals surface area contributed by atoms with Gasteiger partial charge in [-0.05, 0) is 33.4 Å². The molecule has 0 bridgehead atoms. The number of fused-ring (bicyclic) bond motifs is 1. The van der Waals surface area contributed by atoms with Gasteiger partial charge in [0, 0.05) is 20.1 Å². The lowest BCUT2D eigenvalue weighted by molar-refractivity contribution is 0.112. The molecule has 0 saturated heterocycles. The van der Waals surface area contributed by atoms with E-state index < -0.39 is 0 Å². The lowest BCUT2D eigenvalue weighted by Gasteiger charge is -2.00. The molecule has 0 aliphatic rings. The van der Waals surface area contributed by atoms with Crippen LogP contribution in [0.3, 0.4) is 0 Å². The van der Waals surface area contributed by atoms with Crippen molar-refractivity contribution in [3.05, 3.63) is 32.6 Å². The van der Waals surface area contributed by atoms with Crippen molar-refractivity contribution < 1.29 is 4.79 Å². The van der Waals surface area contributed by atoms with Gasteiger partial charge in [0.25, 0.3) is 0 Å². The lowest BCUT2D eigenvalue weighted by Crippen LogP contribution is -1.82. The molecule has 0 radical (unpaired) electrons. The van der Waals surface area contributed by atoms with Gasteiger partial charge in [-0.3, -0.25) is 4.79 Å². The minimum absolute atomic E-state index is 0.487. The van der Waals surface area contributed by atoms with Gasteiger partial charge in [0.15, 0.2) is 6.29 Å². The summed E-state index contributed by atoms with van der Waals surface area (Å²) in [4.78, 5) is 10.6. The van der Waals surface area contributed by atoms with E-state index in [1.807, 2.05) is 11.4 Å². The van der Waals surface area contributed by atoms with Crippen LogP contribution in [0.4, 0.5) is 0 Å². The Labute approximate surface area is 92.5 Å². The predicted molar refractivity (Wildman–Crippen MR) is 59.9 cm³/mol. The quantitative estimate of drug-likeness (QED) is 0.715. The summed E-state index contributed by atoms with van der Waals surface area (Å²) in [5.41, 5.74) is 0.531. The van der Waals surface area contributed by atoms with Crippen LogP contribution in [0.5, 0.6) is 0 Å². The summed E-state index contributed by atoms with van der Waals surface area (Å²) in [5, 5.41) is 3.52. The second-order valence-electron chi connectivity index (χ2n) is 2.54. The van der Waals surface area contributed by atoms with Crippen LogP contribution in [-0.4, -0.2) is 6.29 Å². The molecule has 0 unspecified atom stereocenters. The van der Waals surface area contributed by atoms with Crippen LogP contribution in [0.15, 0.2) is 22.0 Å². The molecule has 1 aromatic carbocycles. The van der Waals surface area contributed by atoms with Crippen molar-refractivity contribution in [2.24, 2.45) is 0 Å². The van der Waals surface area contributed by atoms with Crippen LogP contribution in [-0.2, 0) is 0 Å². The highest BCUT2D eigenvalue weighted by Crippen LogP contribution is 2.36. The number of rotatable bonds is 1. The Hall–Kier alpha value is -0.380. The summed E-state index contributed by atoms with van der Waals surface area (Å²) < 4.78 is 1.87. The van der Waals surface area contributed by atoms with Crippen molar-refractivity contribution in [3.63, 3.8) is 0 Å². The zero-order valence-electron chi connectivity index (χ0n) is 6.38. The van der Waals surface area contributed by atoms with Gasteiger partial charge in [-0.2, -0.15) is 0 Å². The van der Waals surface area contributed by atoms with Crippen molar-refractivity contribution in [1.82, 2.24) is 0 Å². The molecule has 0 N–H and O–H groups in total. The molecule has 1 nitrogen and oxygen atoms in total. The third-order valence-electron chi connectivity index (χ3n) is 1.79. The summed E-state index contributed by atoms with van der Waals surface area (Å²) in [7, 11) is 0. The maximum atomic E-state index is 10.6. The van der Waals surface area contributed by atoms with Crippen molar-refractivity contribution in [3.8, 4) is 0 Å². The molecule has 66 valence electrons. The first kappa shape index (κ1) is 9.19. The Morgan fingerprint density at radius 2 is 2.31 bits per heavy atom. The first-order chi connectivity index (χ1) is 6.24. The van der Waals surface area contributed by atoms with Crippen molar-refractivity contribution in [1.29, 1.82) is 0 Å². The van der Waals surface area contributed by atoms with E-state index in [9.17, 15) is 4.79 Å². The van der Waals surface area contributed by atoms with Crippen LogP contribution in [0, 0.1) is 0 Å². The molecule has 0 fully saturated rings. The number of benzene rings is 1. The minimum atomic E-state index is 0.487. The predicted octanol–water partition coefficient (Wildman–Crippen LogP) is 4.13. The molecule has 0 atom stereocenters. The van der Waals surface area contributed by atoms with E-state index >= 15 is 0 Å². The highest BCUT2D eigenvalue weighted by atomic mass is 79.9. The van der Waals surface area contributed by atoms with Crippen LogP contribution in [0.2, 0.25) is 5.02 Å². The summed E-state index contributed by atoms with van der Waals surface area (Å²) in [5.74, 6) is 0. The number of carbonyl (C=O) groups is 1. The molecule has 13 heavy (non-hydrogen) atoms. The Morgan fingerprint density at radius 1 is 1.54 bits per heavy atom. The third kappa shape index (κ3) is 1.41. The molecule has 0 aliphatic heterocycles. The summed E-state index contributed by atoms with van der Waals surface area (Å²) in [6.45, 7) is 0. The maximum absolute atomic E-state index is 10.6. The van der Waals surface area contributed by atoms with Crippen LogP contribution < -0.4 is 0 Å². The molecule has 0 aliphatic carbocycles. The van der Waals surface area contributed by atoms with Gasteiger partial charge in [-0.25, -0.2) is 0 Å². The third-order valence-corrected chi connectivity index (χ3v) is 4.11. The van der Waals surface area contributed by atoms with Crippen LogP contribution in [0.25, 0.3) is 10.1 Å². The molecular formula is C9H4BrClOS. The molecular weight excluding hydrogens is 272 g/mol. The van der Waals surface area contributed by atoms with E-state index in [1.165, 1.54) is 0 Å². The van der Waals surface area contributed by atoms with Gasteiger partial charge >= 0.3 is 0 Å². The Morgan fingerprint density at radius 3 is 3.00 bits per heavy atom. The monoisotopic (exact) mass is 274 g/mol. The summed E-state index contributed by atoms with van der Waals surface area (Å²) in [6.07, 6.45) is 0.770. The van der Waals surface area contributed by atoms with Crippen LogP contribution in [0.1, 0.15) is 10.4 Å². The van der Waals surface area contributed by atoms with E-state index in [4.69, 9.17) is 11.6 Å². The van der Waals surface area contributed by atoms with E-state index in [0.29, 0.717) is 10.6 Å². The van der Waals surface area contributed by atoms with E-state index in [-0.39, 0.29) is 0 Å². The fourth-order valence-electron chi connectivity index (χ4n) is 1.15. The molecule has 2 aromatic rings. The fraction of sp³-hybridized carbons (Fsp3) is 0. The topological polar surface area (TPSA) is 17.1 Å². The fourth-order valence-corrected chi connectivity index (χ4v) is 2.90. The first-order valence-corrected chi connectivity index (χ1v) is 5.59. The minimum Gasteiger partial charge on any atom is -0.298 e. The summed E-state index contributed by atoms with van der Waals surface area (Å²) >= 11 is 10.9. The molecule has 0 spiro atoms. The second-order valence-corrected chi connectivity index (χ2v) is 4.66. The average Bonchev–Trinajstić information content (AvgIpc) is 2.59. The van der Waals surface area contributed by atoms with Gasteiger partial charge in [-0.15, -0.1) is 11.3 Å². The van der Waals surface area contributed by atoms with E-state index in [0.717, 1.165) is 20.8 Å². The van der Waals surface area contributed by atoms with Gasteiger partial charge in [-0.1, -0.05) is 11.6 Å².